The van der Waals surface area contributed by atoms with Gasteiger partial charge in [-0.2, -0.15) is 0 Å². The minimum Gasteiger partial charge on any atom is -0.465 e. The molecule has 1 unspecified atom stereocenters. The lowest BCUT2D eigenvalue weighted by atomic mass is 10.1. The lowest BCUT2D eigenvalue weighted by molar-refractivity contribution is 0.118. The zero-order valence-corrected chi connectivity index (χ0v) is 13.1. The number of phosphoric ester groups is 1. The lowest BCUT2D eigenvalue weighted by Gasteiger charge is -2.26. The van der Waals surface area contributed by atoms with Crippen molar-refractivity contribution in [3.05, 3.63) is 0 Å². The van der Waals surface area contributed by atoms with Crippen LogP contribution in [0.3, 0.4) is 0 Å². The molecule has 0 fully saturated rings. The average molecular weight is 311 g/mol. The number of carbonyl (C=O) groups is 1. The van der Waals surface area contributed by atoms with Crippen LogP contribution in [0.15, 0.2) is 0 Å². The third-order valence-corrected chi connectivity index (χ3v) is 3.57. The van der Waals surface area contributed by atoms with Crippen molar-refractivity contribution in [1.29, 1.82) is 0 Å². The fourth-order valence-corrected chi connectivity index (χ4v) is 2.31. The number of carboxylic acid groups (broad SMARTS) is 1. The van der Waals surface area contributed by atoms with Crippen LogP contribution in [0.25, 0.3) is 0 Å². The summed E-state index contributed by atoms with van der Waals surface area (Å²) in [7, 11) is -4.46. The number of unbranched alkanes of at least 4 members (excludes halogenated alkanes) is 3. The molecule has 1 atom stereocenters. The van der Waals surface area contributed by atoms with Gasteiger partial charge in [0, 0.05) is 12.6 Å². The summed E-state index contributed by atoms with van der Waals surface area (Å²) in [6.45, 7) is 4.03. The van der Waals surface area contributed by atoms with Crippen molar-refractivity contribution in [2.24, 2.45) is 0 Å². The Morgan fingerprint density at radius 3 is 2.40 bits per heavy atom. The Bertz CT molecular complexity index is 319. The minimum absolute atomic E-state index is 0.0978. The van der Waals surface area contributed by atoms with Crippen molar-refractivity contribution in [3.8, 4) is 0 Å². The van der Waals surface area contributed by atoms with Crippen LogP contribution < -0.4 is 0 Å². The van der Waals surface area contributed by atoms with Crippen molar-refractivity contribution >= 4 is 13.9 Å². The van der Waals surface area contributed by atoms with E-state index in [9.17, 15) is 9.36 Å². The largest absolute Gasteiger partial charge is 0.469 e. The maximum absolute atomic E-state index is 11.2. The molecular formula is C12H26NO6P. The van der Waals surface area contributed by atoms with Crippen LogP contribution in [-0.2, 0) is 9.09 Å². The van der Waals surface area contributed by atoms with E-state index in [0.717, 1.165) is 32.1 Å². The normalized spacial score (nSPS) is 13.2. The van der Waals surface area contributed by atoms with Crippen LogP contribution in [0.1, 0.15) is 52.4 Å². The molecule has 0 aliphatic rings. The molecule has 0 aliphatic heterocycles. The molecule has 0 saturated heterocycles. The minimum atomic E-state index is -4.46. The molecule has 3 N–H and O–H groups in total. The zero-order chi connectivity index (χ0) is 15.6. The Balaban J connectivity index is 4.02. The molecule has 1 amide bonds. The summed E-state index contributed by atoms with van der Waals surface area (Å²) in [4.78, 5) is 29.5. The highest BCUT2D eigenvalue weighted by molar-refractivity contribution is 7.46. The van der Waals surface area contributed by atoms with Crippen molar-refractivity contribution in [2.45, 2.75) is 58.4 Å². The molecule has 0 aromatic heterocycles. The number of nitrogens with zero attached hydrogens (tertiary/aromatic N) is 1. The molecule has 7 nitrogen and oxygen atoms in total. The highest BCUT2D eigenvalue weighted by Crippen LogP contribution is 2.35. The van der Waals surface area contributed by atoms with Gasteiger partial charge in [-0.15, -0.1) is 0 Å². The van der Waals surface area contributed by atoms with Gasteiger partial charge in [0.15, 0.2) is 0 Å². The molecular weight excluding hydrogens is 285 g/mol. The molecule has 20 heavy (non-hydrogen) atoms. The van der Waals surface area contributed by atoms with E-state index in [2.05, 4.69) is 11.4 Å². The molecule has 0 aromatic carbocycles. The molecule has 0 rings (SSSR count). The molecule has 8 heteroatoms. The predicted molar refractivity (Wildman–Crippen MR) is 75.6 cm³/mol. The van der Waals surface area contributed by atoms with Gasteiger partial charge in [0.05, 0.1) is 6.61 Å². The van der Waals surface area contributed by atoms with Gasteiger partial charge in [-0.3, -0.25) is 4.52 Å². The van der Waals surface area contributed by atoms with Gasteiger partial charge in [0.1, 0.15) is 0 Å². The van der Waals surface area contributed by atoms with E-state index in [1.54, 1.807) is 0 Å². The fourth-order valence-electron chi connectivity index (χ4n) is 1.95. The first-order valence-electron chi connectivity index (χ1n) is 6.97. The van der Waals surface area contributed by atoms with Crippen LogP contribution in [0, 0.1) is 0 Å². The van der Waals surface area contributed by atoms with Gasteiger partial charge in [0.2, 0.25) is 0 Å². The second-order valence-corrected chi connectivity index (χ2v) is 6.09. The third-order valence-electron chi connectivity index (χ3n) is 3.06. The maximum Gasteiger partial charge on any atom is 0.469 e. The second-order valence-electron chi connectivity index (χ2n) is 4.85. The van der Waals surface area contributed by atoms with Crippen molar-refractivity contribution in [3.63, 3.8) is 0 Å². The van der Waals surface area contributed by atoms with Gasteiger partial charge < -0.3 is 19.8 Å². The van der Waals surface area contributed by atoms with Crippen LogP contribution >= 0.6 is 7.82 Å². The van der Waals surface area contributed by atoms with Crippen LogP contribution in [0.4, 0.5) is 4.79 Å². The SMILES string of the molecule is CCCCCCC(C)N(CCCOP(=O)(O)O)C(=O)O. The van der Waals surface area contributed by atoms with Crippen LogP contribution in [0.5, 0.6) is 0 Å². The summed E-state index contributed by atoms with van der Waals surface area (Å²) >= 11 is 0. The summed E-state index contributed by atoms with van der Waals surface area (Å²) in [6.07, 6.45) is 4.41. The molecule has 0 aliphatic carbocycles. The molecule has 120 valence electrons. The molecule has 0 bridgehead atoms. The number of amides is 1. The summed E-state index contributed by atoms with van der Waals surface area (Å²) in [5.74, 6) is 0. The van der Waals surface area contributed by atoms with Crippen molar-refractivity contribution in [1.82, 2.24) is 4.90 Å². The van der Waals surface area contributed by atoms with Gasteiger partial charge in [-0.05, 0) is 19.8 Å². The Labute approximate surface area is 120 Å². The topological polar surface area (TPSA) is 107 Å². The smallest absolute Gasteiger partial charge is 0.465 e. The molecule has 0 radical (unpaired) electrons. The lowest BCUT2D eigenvalue weighted by Crippen LogP contribution is -2.38. The summed E-state index contributed by atoms with van der Waals surface area (Å²) in [6, 6.07) is -0.0978. The zero-order valence-electron chi connectivity index (χ0n) is 12.2. The summed E-state index contributed by atoms with van der Waals surface area (Å²) in [5, 5.41) is 9.14. The van der Waals surface area contributed by atoms with Gasteiger partial charge in [-0.1, -0.05) is 32.6 Å². The fraction of sp³-hybridized carbons (Fsp3) is 0.917. The highest BCUT2D eigenvalue weighted by atomic mass is 31.2. The monoisotopic (exact) mass is 311 g/mol. The van der Waals surface area contributed by atoms with E-state index in [4.69, 9.17) is 14.9 Å². The first-order chi connectivity index (χ1) is 9.28. The van der Waals surface area contributed by atoms with Crippen molar-refractivity contribution in [2.75, 3.05) is 13.2 Å². The average Bonchev–Trinajstić information content (AvgIpc) is 2.32. The first kappa shape index (κ1) is 19.4. The van der Waals surface area contributed by atoms with Crippen molar-refractivity contribution < 1.29 is 28.8 Å². The van der Waals surface area contributed by atoms with E-state index in [1.165, 1.54) is 4.90 Å². The van der Waals surface area contributed by atoms with E-state index < -0.39 is 13.9 Å². The summed E-state index contributed by atoms with van der Waals surface area (Å²) in [5.41, 5.74) is 0. The molecule has 0 aromatic rings. The molecule has 0 spiro atoms. The van der Waals surface area contributed by atoms with Gasteiger partial charge in [-0.25, -0.2) is 9.36 Å². The van der Waals surface area contributed by atoms with Crippen LogP contribution in [-0.4, -0.2) is 45.1 Å². The Morgan fingerprint density at radius 1 is 1.25 bits per heavy atom. The highest BCUT2D eigenvalue weighted by Gasteiger charge is 2.19. The third kappa shape index (κ3) is 10.2. The predicted octanol–water partition coefficient (Wildman–Crippen LogP) is 2.82. The maximum atomic E-state index is 11.2. The van der Waals surface area contributed by atoms with Gasteiger partial charge >= 0.3 is 13.9 Å². The Hall–Kier alpha value is -0.620. The summed E-state index contributed by atoms with van der Waals surface area (Å²) < 4.78 is 14.8. The number of hydrogen-bond donors (Lipinski definition) is 3. The van der Waals surface area contributed by atoms with E-state index >= 15 is 0 Å². The van der Waals surface area contributed by atoms with E-state index in [0.29, 0.717) is 0 Å². The van der Waals surface area contributed by atoms with Gasteiger partial charge in [0.25, 0.3) is 0 Å². The number of hydrogen-bond acceptors (Lipinski definition) is 3. The quantitative estimate of drug-likeness (QED) is 0.400. The molecule has 0 saturated carbocycles. The first-order valence-corrected chi connectivity index (χ1v) is 8.50. The Kier molecular flexibility index (Phi) is 9.84. The number of phosphoric acid groups is 1. The standard InChI is InChI=1S/C12H26NO6P/c1-3-4-5-6-8-11(2)13(12(14)15)9-7-10-19-20(16,17)18/h11H,3-10H2,1-2H3,(H,14,15)(H2,16,17,18). The van der Waals surface area contributed by atoms with Crippen LogP contribution in [0.2, 0.25) is 0 Å². The van der Waals surface area contributed by atoms with E-state index in [-0.39, 0.29) is 25.6 Å². The number of rotatable bonds is 11. The molecule has 0 heterocycles. The van der Waals surface area contributed by atoms with E-state index in [1.807, 2.05) is 6.92 Å². The Morgan fingerprint density at radius 2 is 1.90 bits per heavy atom. The second kappa shape index (κ2) is 10.2.